The van der Waals surface area contributed by atoms with E-state index in [-0.39, 0.29) is 0 Å². The van der Waals surface area contributed by atoms with Crippen LogP contribution in [0.5, 0.6) is 0 Å². The monoisotopic (exact) mass is 282 g/mol. The van der Waals surface area contributed by atoms with Crippen LogP contribution in [0.2, 0.25) is 0 Å². The highest BCUT2D eigenvalue weighted by Gasteiger charge is 2.54. The van der Waals surface area contributed by atoms with Crippen molar-refractivity contribution in [3.8, 4) is 0 Å². The Balaban J connectivity index is 1.64. The molecule has 0 aliphatic heterocycles. The second-order valence-corrected chi connectivity index (χ2v) is 8.44. The van der Waals surface area contributed by atoms with Crippen LogP contribution in [-0.4, -0.2) is 0 Å². The third-order valence-corrected chi connectivity index (χ3v) is 7.69. The molecule has 4 aliphatic carbocycles. The molecule has 4 aliphatic rings. The van der Waals surface area contributed by atoms with Gasteiger partial charge in [0.15, 0.2) is 0 Å². The molecule has 2 saturated carbocycles. The van der Waals surface area contributed by atoms with Gasteiger partial charge in [0.1, 0.15) is 0 Å². The molecule has 5 atom stereocenters. The van der Waals surface area contributed by atoms with Crippen molar-refractivity contribution in [1.82, 2.24) is 0 Å². The van der Waals surface area contributed by atoms with Gasteiger partial charge in [0.05, 0.1) is 0 Å². The van der Waals surface area contributed by atoms with Crippen LogP contribution in [0, 0.1) is 29.1 Å². The summed E-state index contributed by atoms with van der Waals surface area (Å²) < 4.78 is 0. The lowest BCUT2D eigenvalue weighted by atomic mass is 9.53. The van der Waals surface area contributed by atoms with Crippen molar-refractivity contribution < 1.29 is 0 Å². The molecule has 114 valence electrons. The van der Waals surface area contributed by atoms with Gasteiger partial charge in [-0.1, -0.05) is 36.3 Å². The molecule has 0 heterocycles. The first-order chi connectivity index (χ1) is 10.1. The molecule has 0 bridgehead atoms. The van der Waals surface area contributed by atoms with Crippen molar-refractivity contribution in [3.05, 3.63) is 36.0 Å². The molecule has 0 heteroatoms. The third-order valence-electron chi connectivity index (χ3n) is 7.69. The molecule has 0 N–H and O–H groups in total. The average molecular weight is 282 g/mol. The van der Waals surface area contributed by atoms with E-state index < -0.39 is 0 Å². The van der Waals surface area contributed by atoms with Crippen LogP contribution >= 0.6 is 0 Å². The summed E-state index contributed by atoms with van der Waals surface area (Å²) >= 11 is 0. The summed E-state index contributed by atoms with van der Waals surface area (Å²) in [5.74, 6) is 3.67. The first-order valence-corrected chi connectivity index (χ1v) is 9.13. The molecule has 0 spiro atoms. The maximum absolute atomic E-state index is 4.25. The van der Waals surface area contributed by atoms with Gasteiger partial charge in [-0.15, -0.1) is 6.58 Å². The molecule has 0 radical (unpaired) electrons. The normalized spacial score (nSPS) is 45.9. The highest BCUT2D eigenvalue weighted by molar-refractivity contribution is 5.31. The van der Waals surface area contributed by atoms with Gasteiger partial charge in [0.25, 0.3) is 0 Å². The minimum atomic E-state index is 0.569. The lowest BCUT2D eigenvalue weighted by Gasteiger charge is -2.52. The summed E-state index contributed by atoms with van der Waals surface area (Å²) in [7, 11) is 0. The van der Waals surface area contributed by atoms with Gasteiger partial charge in [-0.05, 0) is 86.9 Å². The summed E-state index contributed by atoms with van der Waals surface area (Å²) in [6, 6.07) is 0. The lowest BCUT2D eigenvalue weighted by Crippen LogP contribution is -2.43. The molecular weight excluding hydrogens is 252 g/mol. The molecule has 2 fully saturated rings. The van der Waals surface area contributed by atoms with E-state index in [0.717, 1.165) is 23.7 Å². The van der Waals surface area contributed by atoms with Gasteiger partial charge in [0, 0.05) is 0 Å². The van der Waals surface area contributed by atoms with Crippen LogP contribution in [0.4, 0.5) is 0 Å². The average Bonchev–Trinajstić information content (AvgIpc) is 2.83. The first kappa shape index (κ1) is 13.9. The summed E-state index contributed by atoms with van der Waals surface area (Å²) in [5, 5.41) is 0. The van der Waals surface area contributed by atoms with Crippen molar-refractivity contribution in [1.29, 1.82) is 0 Å². The molecular formula is C21H30. The van der Waals surface area contributed by atoms with Crippen LogP contribution < -0.4 is 0 Å². The summed E-state index contributed by atoms with van der Waals surface area (Å²) in [6.07, 6.45) is 14.7. The zero-order valence-electron chi connectivity index (χ0n) is 13.7. The molecule has 21 heavy (non-hydrogen) atoms. The van der Waals surface area contributed by atoms with E-state index in [1.54, 1.807) is 5.57 Å². The molecule has 5 unspecified atom stereocenters. The van der Waals surface area contributed by atoms with Crippen molar-refractivity contribution in [2.45, 2.75) is 64.7 Å². The van der Waals surface area contributed by atoms with Crippen molar-refractivity contribution in [2.75, 3.05) is 0 Å². The molecule has 0 nitrogen and oxygen atoms in total. The Morgan fingerprint density at radius 2 is 1.95 bits per heavy atom. The largest absolute Gasteiger partial charge is 0.103 e. The van der Waals surface area contributed by atoms with E-state index in [9.17, 15) is 0 Å². The second kappa shape index (κ2) is 4.86. The minimum absolute atomic E-state index is 0.569. The summed E-state index contributed by atoms with van der Waals surface area (Å²) in [6.45, 7) is 11.0. The van der Waals surface area contributed by atoms with Crippen LogP contribution in [0.1, 0.15) is 64.7 Å². The minimum Gasteiger partial charge on any atom is -0.103 e. The Morgan fingerprint density at radius 1 is 1.10 bits per heavy atom. The SMILES string of the molecule is C=CC1CCC2C3CCC4=C(CCC(=C)C4)C3CCC12C. The summed E-state index contributed by atoms with van der Waals surface area (Å²) in [4.78, 5) is 0. The van der Waals surface area contributed by atoms with E-state index in [2.05, 4.69) is 26.2 Å². The quantitative estimate of drug-likeness (QED) is 0.513. The topological polar surface area (TPSA) is 0 Å². The zero-order valence-corrected chi connectivity index (χ0v) is 13.7. The van der Waals surface area contributed by atoms with Gasteiger partial charge < -0.3 is 0 Å². The lowest BCUT2D eigenvalue weighted by molar-refractivity contribution is 0.0249. The standard InChI is InChI=1S/C21H30/c1-4-16-7-10-20-19-9-6-15-13-14(2)5-8-17(15)18(19)11-12-21(16,20)3/h4,16,18-20H,1-2,5-13H2,3H3. The molecule has 0 amide bonds. The van der Waals surface area contributed by atoms with E-state index >= 15 is 0 Å². The fraction of sp³-hybridized carbons (Fsp3) is 0.714. The van der Waals surface area contributed by atoms with Gasteiger partial charge in [0.2, 0.25) is 0 Å². The second-order valence-electron chi connectivity index (χ2n) is 8.44. The molecule has 0 aromatic carbocycles. The Hall–Kier alpha value is -0.780. The molecule has 0 saturated heterocycles. The third kappa shape index (κ3) is 1.94. The maximum Gasteiger partial charge on any atom is -0.0108 e. The fourth-order valence-electron chi connectivity index (χ4n) is 6.58. The van der Waals surface area contributed by atoms with Gasteiger partial charge in [-0.25, -0.2) is 0 Å². The molecule has 0 aromatic rings. The van der Waals surface area contributed by atoms with Gasteiger partial charge in [-0.2, -0.15) is 0 Å². The van der Waals surface area contributed by atoms with Crippen molar-refractivity contribution >= 4 is 0 Å². The highest BCUT2D eigenvalue weighted by atomic mass is 14.6. The number of rotatable bonds is 1. The predicted octanol–water partition coefficient (Wildman–Crippen LogP) is 6.06. The Kier molecular flexibility index (Phi) is 3.21. The van der Waals surface area contributed by atoms with Crippen LogP contribution in [0.25, 0.3) is 0 Å². The smallest absolute Gasteiger partial charge is 0.0108 e. The maximum atomic E-state index is 4.25. The van der Waals surface area contributed by atoms with E-state index in [0.29, 0.717) is 5.41 Å². The van der Waals surface area contributed by atoms with Crippen LogP contribution in [0.15, 0.2) is 36.0 Å². The van der Waals surface area contributed by atoms with E-state index in [1.165, 1.54) is 63.4 Å². The van der Waals surface area contributed by atoms with Crippen molar-refractivity contribution in [3.63, 3.8) is 0 Å². The predicted molar refractivity (Wildman–Crippen MR) is 90.0 cm³/mol. The summed E-state index contributed by atoms with van der Waals surface area (Å²) in [5.41, 5.74) is 5.75. The van der Waals surface area contributed by atoms with E-state index in [1.807, 2.05) is 5.57 Å². The number of allylic oxidation sites excluding steroid dienone is 4. The molecule has 0 aromatic heterocycles. The Labute approximate surface area is 130 Å². The van der Waals surface area contributed by atoms with E-state index in [4.69, 9.17) is 0 Å². The van der Waals surface area contributed by atoms with Gasteiger partial charge >= 0.3 is 0 Å². The highest BCUT2D eigenvalue weighted by Crippen LogP contribution is 2.63. The first-order valence-electron chi connectivity index (χ1n) is 9.13. The van der Waals surface area contributed by atoms with Crippen LogP contribution in [-0.2, 0) is 0 Å². The van der Waals surface area contributed by atoms with Gasteiger partial charge in [-0.3, -0.25) is 0 Å². The Morgan fingerprint density at radius 3 is 2.76 bits per heavy atom. The zero-order chi connectivity index (χ0) is 14.6. The number of hydrogen-bond acceptors (Lipinski definition) is 0. The molecule has 4 rings (SSSR count). The fourth-order valence-corrected chi connectivity index (χ4v) is 6.58. The number of fused-ring (bicyclic) bond motifs is 4. The Bertz CT molecular complexity index is 508. The van der Waals surface area contributed by atoms with Crippen molar-refractivity contribution in [2.24, 2.45) is 29.1 Å². The van der Waals surface area contributed by atoms with Crippen LogP contribution in [0.3, 0.4) is 0 Å². The number of hydrogen-bond donors (Lipinski definition) is 0.